The summed E-state index contributed by atoms with van der Waals surface area (Å²) >= 11 is 17.7. The standard InChI is InChI=1S/C16H15Cl3N2O4S/c1-16(22)20-6-7-21(16)10-2-4-11(5-3-10)26(23,24)25-15-9-13(18)12(17)8-14(15)19/h2-5,8-9,20,22H,6-7H2,1H3. The van der Waals surface area contributed by atoms with Crippen LogP contribution < -0.4 is 14.4 Å². The van der Waals surface area contributed by atoms with Crippen molar-refractivity contribution >= 4 is 50.6 Å². The van der Waals surface area contributed by atoms with Crippen molar-refractivity contribution in [2.75, 3.05) is 18.0 Å². The number of hydrogen-bond acceptors (Lipinski definition) is 6. The van der Waals surface area contributed by atoms with Crippen molar-refractivity contribution in [3.63, 3.8) is 0 Å². The van der Waals surface area contributed by atoms with Crippen LogP contribution in [0.5, 0.6) is 5.75 Å². The third-order valence-electron chi connectivity index (χ3n) is 3.93. The van der Waals surface area contributed by atoms with Gasteiger partial charge >= 0.3 is 10.1 Å². The lowest BCUT2D eigenvalue weighted by molar-refractivity contribution is 0.0481. The zero-order valence-electron chi connectivity index (χ0n) is 13.5. The fraction of sp³-hybridized carbons (Fsp3) is 0.250. The van der Waals surface area contributed by atoms with Crippen molar-refractivity contribution in [2.45, 2.75) is 17.7 Å². The van der Waals surface area contributed by atoms with Gasteiger partial charge in [0.15, 0.2) is 11.6 Å². The van der Waals surface area contributed by atoms with Crippen LogP contribution in [-0.4, -0.2) is 32.5 Å². The van der Waals surface area contributed by atoms with E-state index in [9.17, 15) is 13.5 Å². The molecule has 26 heavy (non-hydrogen) atoms. The SMILES string of the molecule is CC1(O)NCCN1c1ccc(S(=O)(=O)Oc2cc(Cl)c(Cl)cc2Cl)cc1. The van der Waals surface area contributed by atoms with Gasteiger partial charge in [0, 0.05) is 24.8 Å². The molecule has 1 heterocycles. The van der Waals surface area contributed by atoms with E-state index in [0.717, 1.165) is 0 Å². The summed E-state index contributed by atoms with van der Waals surface area (Å²) in [6, 6.07) is 8.52. The van der Waals surface area contributed by atoms with Gasteiger partial charge in [0.2, 0.25) is 0 Å². The van der Waals surface area contributed by atoms with Crippen LogP contribution >= 0.6 is 34.8 Å². The Morgan fingerprint density at radius 3 is 2.31 bits per heavy atom. The van der Waals surface area contributed by atoms with Gasteiger partial charge in [-0.25, -0.2) is 0 Å². The van der Waals surface area contributed by atoms with Crippen LogP contribution in [0, 0.1) is 0 Å². The number of halogens is 3. The highest BCUT2D eigenvalue weighted by molar-refractivity contribution is 7.87. The Kier molecular flexibility index (Phi) is 5.31. The maximum absolute atomic E-state index is 12.5. The molecule has 2 aromatic carbocycles. The van der Waals surface area contributed by atoms with Crippen LogP contribution in [-0.2, 0) is 10.1 Å². The maximum atomic E-state index is 12.5. The highest BCUT2D eigenvalue weighted by Gasteiger charge is 2.34. The van der Waals surface area contributed by atoms with Gasteiger partial charge in [0.1, 0.15) is 4.90 Å². The van der Waals surface area contributed by atoms with Gasteiger partial charge in [-0.05, 0) is 37.3 Å². The lowest BCUT2D eigenvalue weighted by Gasteiger charge is -2.31. The molecule has 0 amide bonds. The molecule has 0 bridgehead atoms. The summed E-state index contributed by atoms with van der Waals surface area (Å²) in [4.78, 5) is 1.66. The van der Waals surface area contributed by atoms with Crippen LogP contribution in [0.4, 0.5) is 5.69 Å². The van der Waals surface area contributed by atoms with E-state index in [0.29, 0.717) is 18.8 Å². The summed E-state index contributed by atoms with van der Waals surface area (Å²) in [5, 5.41) is 13.5. The van der Waals surface area contributed by atoms with E-state index in [2.05, 4.69) is 5.32 Å². The molecule has 1 aliphatic rings. The smallest absolute Gasteiger partial charge is 0.339 e. The Morgan fingerprint density at radius 2 is 1.73 bits per heavy atom. The van der Waals surface area contributed by atoms with Crippen molar-refractivity contribution in [1.29, 1.82) is 0 Å². The average Bonchev–Trinajstić information content (AvgIpc) is 2.92. The van der Waals surface area contributed by atoms with Crippen LogP contribution in [0.15, 0.2) is 41.3 Å². The number of nitrogens with one attached hydrogen (secondary N) is 1. The summed E-state index contributed by atoms with van der Waals surface area (Å²) in [7, 11) is -4.12. The van der Waals surface area contributed by atoms with Gasteiger partial charge in [-0.15, -0.1) is 0 Å². The molecular formula is C16H15Cl3N2O4S. The van der Waals surface area contributed by atoms with E-state index < -0.39 is 16.0 Å². The summed E-state index contributed by atoms with van der Waals surface area (Å²) in [5.41, 5.74) is 0.673. The molecule has 6 nitrogen and oxygen atoms in total. The summed E-state index contributed by atoms with van der Waals surface area (Å²) in [6.07, 6.45) is 0. The third-order valence-corrected chi connectivity index (χ3v) is 6.20. The zero-order valence-corrected chi connectivity index (χ0v) is 16.6. The predicted molar refractivity (Wildman–Crippen MR) is 102 cm³/mol. The van der Waals surface area contributed by atoms with E-state index in [1.165, 1.54) is 24.3 Å². The highest BCUT2D eigenvalue weighted by Crippen LogP contribution is 2.35. The monoisotopic (exact) mass is 436 g/mol. The molecule has 0 aromatic heterocycles. The normalized spacial score (nSPS) is 20.4. The van der Waals surface area contributed by atoms with E-state index in [1.54, 1.807) is 24.0 Å². The molecule has 1 fully saturated rings. The van der Waals surface area contributed by atoms with E-state index >= 15 is 0 Å². The predicted octanol–water partition coefficient (Wildman–Crippen LogP) is 3.49. The first kappa shape index (κ1) is 19.5. The van der Waals surface area contributed by atoms with Crippen LogP contribution in [0.25, 0.3) is 0 Å². The molecule has 2 N–H and O–H groups in total. The van der Waals surface area contributed by atoms with Crippen molar-refractivity contribution < 1.29 is 17.7 Å². The first-order valence-electron chi connectivity index (χ1n) is 7.54. The van der Waals surface area contributed by atoms with Crippen LogP contribution in [0.3, 0.4) is 0 Å². The Bertz CT molecular complexity index is 933. The molecule has 1 aliphatic heterocycles. The topological polar surface area (TPSA) is 78.9 Å². The Morgan fingerprint density at radius 1 is 1.12 bits per heavy atom. The Labute approximate surface area is 166 Å². The summed E-state index contributed by atoms with van der Waals surface area (Å²) in [5.74, 6) is -1.30. The second-order valence-electron chi connectivity index (χ2n) is 5.83. The molecule has 0 aliphatic carbocycles. The van der Waals surface area contributed by atoms with Gasteiger partial charge in [-0.1, -0.05) is 34.8 Å². The minimum Gasteiger partial charge on any atom is -0.377 e. The van der Waals surface area contributed by atoms with Gasteiger partial charge in [-0.2, -0.15) is 8.42 Å². The third kappa shape index (κ3) is 3.88. The molecule has 1 atom stereocenters. The van der Waals surface area contributed by atoms with Crippen LogP contribution in [0.1, 0.15) is 6.92 Å². The number of rotatable bonds is 4. The number of aliphatic hydroxyl groups is 1. The highest BCUT2D eigenvalue weighted by atomic mass is 35.5. The van der Waals surface area contributed by atoms with Crippen molar-refractivity contribution in [3.8, 4) is 5.75 Å². The molecule has 1 saturated heterocycles. The number of benzene rings is 2. The largest absolute Gasteiger partial charge is 0.377 e. The Balaban J connectivity index is 1.85. The fourth-order valence-electron chi connectivity index (χ4n) is 2.63. The molecule has 0 radical (unpaired) electrons. The van der Waals surface area contributed by atoms with Gasteiger partial charge in [0.05, 0.1) is 15.1 Å². The maximum Gasteiger partial charge on any atom is 0.339 e. The average molecular weight is 438 g/mol. The van der Waals surface area contributed by atoms with Crippen molar-refractivity contribution in [3.05, 3.63) is 51.5 Å². The molecule has 2 aromatic rings. The molecule has 140 valence electrons. The Hall–Kier alpha value is -1.22. The van der Waals surface area contributed by atoms with Gasteiger partial charge in [0.25, 0.3) is 0 Å². The molecular weight excluding hydrogens is 423 g/mol. The fourth-order valence-corrected chi connectivity index (χ4v) is 4.19. The summed E-state index contributed by atoms with van der Waals surface area (Å²) < 4.78 is 30.0. The van der Waals surface area contributed by atoms with Gasteiger partial charge < -0.3 is 14.2 Å². The minimum absolute atomic E-state index is 0.0267. The first-order chi connectivity index (χ1) is 12.1. The van der Waals surface area contributed by atoms with E-state index in [1.807, 2.05) is 0 Å². The minimum atomic E-state index is -4.12. The second-order valence-corrected chi connectivity index (χ2v) is 8.60. The summed E-state index contributed by atoms with van der Waals surface area (Å²) in [6.45, 7) is 2.83. The van der Waals surface area contributed by atoms with E-state index in [-0.39, 0.29) is 25.7 Å². The second kappa shape index (κ2) is 7.07. The molecule has 10 heteroatoms. The first-order valence-corrected chi connectivity index (χ1v) is 10.1. The molecule has 0 spiro atoms. The molecule has 1 unspecified atom stereocenters. The van der Waals surface area contributed by atoms with Crippen molar-refractivity contribution in [1.82, 2.24) is 5.32 Å². The molecule has 0 saturated carbocycles. The number of anilines is 1. The lowest BCUT2D eigenvalue weighted by Crippen LogP contribution is -2.48. The quantitative estimate of drug-likeness (QED) is 0.563. The van der Waals surface area contributed by atoms with Crippen LogP contribution in [0.2, 0.25) is 15.1 Å². The van der Waals surface area contributed by atoms with Gasteiger partial charge in [-0.3, -0.25) is 5.32 Å². The zero-order chi connectivity index (χ0) is 19.1. The lowest BCUT2D eigenvalue weighted by atomic mass is 10.2. The number of hydrogen-bond donors (Lipinski definition) is 2. The molecule has 3 rings (SSSR count). The van der Waals surface area contributed by atoms with Crippen molar-refractivity contribution in [2.24, 2.45) is 0 Å². The van der Waals surface area contributed by atoms with E-state index in [4.69, 9.17) is 39.0 Å². The number of nitrogens with zero attached hydrogens (tertiary/aromatic N) is 1.